The molecule has 1 aromatic rings. The van der Waals surface area contributed by atoms with Gasteiger partial charge in [-0.1, -0.05) is 19.3 Å². The Kier molecular flexibility index (Phi) is 8.12. The van der Waals surface area contributed by atoms with Gasteiger partial charge in [0.25, 0.3) is 6.08 Å². The van der Waals surface area contributed by atoms with Crippen LogP contribution in [0.15, 0.2) is 17.0 Å². The van der Waals surface area contributed by atoms with Crippen molar-refractivity contribution < 1.29 is 13.6 Å². The highest BCUT2D eigenvalue weighted by molar-refractivity contribution is 7.13. The molecule has 0 saturated carbocycles. The summed E-state index contributed by atoms with van der Waals surface area (Å²) in [6.07, 6.45) is 3.86. The summed E-state index contributed by atoms with van der Waals surface area (Å²) in [5.74, 6) is -0.0115. The third-order valence-corrected chi connectivity index (χ3v) is 4.02. The predicted octanol–water partition coefficient (Wildman–Crippen LogP) is 5.29. The van der Waals surface area contributed by atoms with Crippen LogP contribution in [0.25, 0.3) is 0 Å². The van der Waals surface area contributed by atoms with Crippen molar-refractivity contribution in [2.45, 2.75) is 58.8 Å². The van der Waals surface area contributed by atoms with Gasteiger partial charge in [-0.25, -0.2) is 4.98 Å². The van der Waals surface area contributed by atoms with Gasteiger partial charge in [0.1, 0.15) is 0 Å². The molecule has 21 heavy (non-hydrogen) atoms. The van der Waals surface area contributed by atoms with Crippen LogP contribution < -0.4 is 5.32 Å². The molecule has 0 fully saturated rings. The van der Waals surface area contributed by atoms with Gasteiger partial charge in [-0.2, -0.15) is 8.78 Å². The fourth-order valence-corrected chi connectivity index (χ4v) is 2.60. The van der Waals surface area contributed by atoms with E-state index in [1.165, 1.54) is 18.3 Å². The molecule has 118 valence electrons. The largest absolute Gasteiger partial charge is 0.302 e. The summed E-state index contributed by atoms with van der Waals surface area (Å²) in [6, 6.07) is 0. The molecule has 0 aliphatic rings. The first-order valence-electron chi connectivity index (χ1n) is 7.21. The maximum absolute atomic E-state index is 12.2. The number of hydrogen-bond donors (Lipinski definition) is 1. The lowest BCUT2D eigenvalue weighted by atomic mass is 10.1. The smallest absolute Gasteiger partial charge is 0.269 e. The summed E-state index contributed by atoms with van der Waals surface area (Å²) >= 11 is 1.42. The number of carbonyl (C=O) groups is 1. The van der Waals surface area contributed by atoms with Crippen molar-refractivity contribution in [1.82, 2.24) is 4.98 Å². The van der Waals surface area contributed by atoms with Crippen LogP contribution >= 0.6 is 11.3 Å². The minimum absolute atomic E-state index is 0.0115. The molecule has 6 heteroatoms. The zero-order valence-corrected chi connectivity index (χ0v) is 13.4. The van der Waals surface area contributed by atoms with Crippen LogP contribution in [0.3, 0.4) is 0 Å². The predicted molar refractivity (Wildman–Crippen MR) is 82.7 cm³/mol. The topological polar surface area (TPSA) is 42.0 Å². The molecule has 1 heterocycles. The first kappa shape index (κ1) is 17.8. The molecule has 3 nitrogen and oxygen atoms in total. The molecule has 0 spiro atoms. The summed E-state index contributed by atoms with van der Waals surface area (Å²) in [5.41, 5.74) is 1.09. The quantitative estimate of drug-likeness (QED) is 0.629. The van der Waals surface area contributed by atoms with Crippen LogP contribution in [0, 0.1) is 6.92 Å². The van der Waals surface area contributed by atoms with Gasteiger partial charge in [0.2, 0.25) is 5.91 Å². The Morgan fingerprint density at radius 2 is 1.81 bits per heavy atom. The lowest BCUT2D eigenvalue weighted by Gasteiger charge is -2.03. The van der Waals surface area contributed by atoms with Crippen molar-refractivity contribution in [2.24, 2.45) is 0 Å². The van der Waals surface area contributed by atoms with E-state index in [1.54, 1.807) is 0 Å². The standard InChI is InChI=1S/C15H22F2N2OS/c1-11(14(16)17)8-6-4-3-5-7-9-13(20)19-15-18-12(2)10-21-15/h10H,3-9H2,1-2H3,(H,18,19,20). The van der Waals surface area contributed by atoms with Crippen molar-refractivity contribution in [2.75, 3.05) is 5.32 Å². The Labute approximate surface area is 128 Å². The molecule has 1 amide bonds. The average molecular weight is 316 g/mol. The second-order valence-electron chi connectivity index (χ2n) is 5.15. The fourth-order valence-electron chi connectivity index (χ4n) is 1.89. The number of unbranched alkanes of at least 4 members (excludes halogenated alkanes) is 4. The molecule has 1 rings (SSSR count). The van der Waals surface area contributed by atoms with Gasteiger partial charge < -0.3 is 5.32 Å². The molecule has 1 aromatic heterocycles. The molecule has 1 N–H and O–H groups in total. The summed E-state index contributed by atoms with van der Waals surface area (Å²) in [6.45, 7) is 3.36. The first-order valence-corrected chi connectivity index (χ1v) is 8.09. The van der Waals surface area contributed by atoms with E-state index in [2.05, 4.69) is 10.3 Å². The summed E-state index contributed by atoms with van der Waals surface area (Å²) in [4.78, 5) is 15.8. The highest BCUT2D eigenvalue weighted by Gasteiger charge is 2.05. The Morgan fingerprint density at radius 1 is 1.19 bits per heavy atom. The Bertz CT molecular complexity index is 482. The Hall–Kier alpha value is -1.30. The van der Waals surface area contributed by atoms with E-state index in [0.717, 1.165) is 37.8 Å². The van der Waals surface area contributed by atoms with E-state index in [4.69, 9.17) is 0 Å². The zero-order chi connectivity index (χ0) is 15.7. The molecule has 0 aliphatic heterocycles. The van der Waals surface area contributed by atoms with E-state index in [1.807, 2.05) is 12.3 Å². The number of halogens is 2. The molecule has 0 unspecified atom stereocenters. The van der Waals surface area contributed by atoms with E-state index < -0.39 is 6.08 Å². The van der Waals surface area contributed by atoms with E-state index in [0.29, 0.717) is 18.0 Å². The van der Waals surface area contributed by atoms with Crippen LogP contribution in [-0.2, 0) is 4.79 Å². The first-order chi connectivity index (χ1) is 9.99. The number of rotatable bonds is 9. The van der Waals surface area contributed by atoms with Gasteiger partial charge in [-0.05, 0) is 38.7 Å². The molecular formula is C15H22F2N2OS. The van der Waals surface area contributed by atoms with E-state index in [-0.39, 0.29) is 11.5 Å². The molecule has 0 saturated heterocycles. The maximum Gasteiger partial charge on any atom is 0.269 e. The fraction of sp³-hybridized carbons (Fsp3) is 0.600. The van der Waals surface area contributed by atoms with Crippen molar-refractivity contribution in [3.05, 3.63) is 22.7 Å². The lowest BCUT2D eigenvalue weighted by molar-refractivity contribution is -0.116. The maximum atomic E-state index is 12.2. The second kappa shape index (κ2) is 9.60. The summed E-state index contributed by atoms with van der Waals surface area (Å²) < 4.78 is 24.3. The number of nitrogens with zero attached hydrogens (tertiary/aromatic N) is 1. The summed E-state index contributed by atoms with van der Waals surface area (Å²) in [7, 11) is 0. The third-order valence-electron chi connectivity index (χ3n) is 3.14. The zero-order valence-electron chi connectivity index (χ0n) is 12.5. The number of amides is 1. The van der Waals surface area contributed by atoms with Crippen LogP contribution in [0.1, 0.15) is 57.6 Å². The number of hydrogen-bond acceptors (Lipinski definition) is 3. The van der Waals surface area contributed by atoms with Gasteiger partial charge in [0.05, 0.1) is 5.69 Å². The molecular weight excluding hydrogens is 294 g/mol. The van der Waals surface area contributed by atoms with Crippen LogP contribution in [0.4, 0.5) is 13.9 Å². The SMILES string of the molecule is CC(CCCCCCCC(=O)Nc1nc(C)cs1)=C(F)F. The van der Waals surface area contributed by atoms with Gasteiger partial charge >= 0.3 is 0 Å². The van der Waals surface area contributed by atoms with E-state index >= 15 is 0 Å². The van der Waals surface area contributed by atoms with Crippen LogP contribution in [0.5, 0.6) is 0 Å². The molecule has 0 aromatic carbocycles. The van der Waals surface area contributed by atoms with Gasteiger partial charge in [-0.3, -0.25) is 4.79 Å². The number of thiazole rings is 1. The minimum Gasteiger partial charge on any atom is -0.302 e. The second-order valence-corrected chi connectivity index (χ2v) is 6.01. The van der Waals surface area contributed by atoms with Crippen LogP contribution in [-0.4, -0.2) is 10.9 Å². The van der Waals surface area contributed by atoms with Crippen molar-refractivity contribution >= 4 is 22.4 Å². The number of allylic oxidation sites excluding steroid dienone is 1. The monoisotopic (exact) mass is 316 g/mol. The summed E-state index contributed by atoms with van der Waals surface area (Å²) in [5, 5.41) is 5.31. The van der Waals surface area contributed by atoms with Crippen molar-refractivity contribution in [1.29, 1.82) is 0 Å². The normalized spacial score (nSPS) is 10.5. The highest BCUT2D eigenvalue weighted by atomic mass is 32.1. The number of aryl methyl sites for hydroxylation is 1. The average Bonchev–Trinajstić information content (AvgIpc) is 2.82. The molecule has 0 bridgehead atoms. The molecule has 0 radical (unpaired) electrons. The van der Waals surface area contributed by atoms with Gasteiger partial charge in [0.15, 0.2) is 5.13 Å². The van der Waals surface area contributed by atoms with Crippen molar-refractivity contribution in [3.63, 3.8) is 0 Å². The highest BCUT2D eigenvalue weighted by Crippen LogP contribution is 2.17. The molecule has 0 atom stereocenters. The Balaban J connectivity index is 2.01. The number of carbonyl (C=O) groups excluding carboxylic acids is 1. The van der Waals surface area contributed by atoms with Crippen molar-refractivity contribution in [3.8, 4) is 0 Å². The van der Waals surface area contributed by atoms with E-state index in [9.17, 15) is 13.6 Å². The van der Waals surface area contributed by atoms with Gasteiger partial charge in [-0.15, -0.1) is 11.3 Å². The lowest BCUT2D eigenvalue weighted by Crippen LogP contribution is -2.10. The number of anilines is 1. The number of nitrogens with one attached hydrogen (secondary N) is 1. The Morgan fingerprint density at radius 3 is 2.38 bits per heavy atom. The van der Waals surface area contributed by atoms with Crippen LogP contribution in [0.2, 0.25) is 0 Å². The minimum atomic E-state index is -1.55. The third kappa shape index (κ3) is 7.90. The van der Waals surface area contributed by atoms with Gasteiger partial charge in [0, 0.05) is 11.8 Å². The number of aromatic nitrogens is 1. The molecule has 0 aliphatic carbocycles.